The van der Waals surface area contributed by atoms with Gasteiger partial charge in [0, 0.05) is 18.6 Å². The molecule has 4 nitrogen and oxygen atoms in total. The van der Waals surface area contributed by atoms with Gasteiger partial charge in [-0.1, -0.05) is 19.8 Å². The van der Waals surface area contributed by atoms with E-state index in [0.717, 1.165) is 5.92 Å². The fourth-order valence-electron chi connectivity index (χ4n) is 3.96. The van der Waals surface area contributed by atoms with Crippen LogP contribution in [-0.2, 0) is 4.74 Å². The van der Waals surface area contributed by atoms with Crippen molar-refractivity contribution in [3.05, 3.63) is 0 Å². The third-order valence-electron chi connectivity index (χ3n) is 5.30. The topological polar surface area (TPSA) is 50.4 Å². The van der Waals surface area contributed by atoms with Crippen LogP contribution in [0.1, 0.15) is 79.1 Å². The normalized spacial score (nSPS) is 27.7. The van der Waals surface area contributed by atoms with E-state index >= 15 is 0 Å². The molecular formula is C19H36N2O2. The first kappa shape index (κ1) is 18.6. The van der Waals surface area contributed by atoms with Crippen LogP contribution in [0.2, 0.25) is 0 Å². The number of alkyl carbamates (subject to hydrolysis) is 1. The first-order valence-corrected chi connectivity index (χ1v) is 9.56. The molecule has 2 saturated carbocycles. The lowest BCUT2D eigenvalue weighted by atomic mass is 9.86. The maximum atomic E-state index is 12.0. The van der Waals surface area contributed by atoms with Gasteiger partial charge in [0.15, 0.2) is 0 Å². The minimum Gasteiger partial charge on any atom is -0.444 e. The minimum atomic E-state index is -0.431. The van der Waals surface area contributed by atoms with Gasteiger partial charge in [-0.3, -0.25) is 0 Å². The van der Waals surface area contributed by atoms with Crippen molar-refractivity contribution in [2.24, 2.45) is 11.8 Å². The highest BCUT2D eigenvalue weighted by molar-refractivity contribution is 5.67. The molecule has 0 saturated heterocycles. The van der Waals surface area contributed by atoms with Gasteiger partial charge in [-0.2, -0.15) is 0 Å². The molecule has 1 amide bonds. The summed E-state index contributed by atoms with van der Waals surface area (Å²) in [6.07, 6.45) is 10.2. The van der Waals surface area contributed by atoms with E-state index in [0.29, 0.717) is 24.5 Å². The molecule has 0 aromatic carbocycles. The Kier molecular flexibility index (Phi) is 6.75. The van der Waals surface area contributed by atoms with Gasteiger partial charge in [-0.05, 0) is 71.1 Å². The zero-order valence-electron chi connectivity index (χ0n) is 15.5. The first-order chi connectivity index (χ1) is 10.8. The van der Waals surface area contributed by atoms with Crippen LogP contribution in [-0.4, -0.2) is 30.3 Å². The number of amides is 1. The van der Waals surface area contributed by atoms with E-state index < -0.39 is 5.60 Å². The Labute approximate surface area is 142 Å². The summed E-state index contributed by atoms with van der Waals surface area (Å²) >= 11 is 0. The summed E-state index contributed by atoms with van der Waals surface area (Å²) in [4.78, 5) is 12.0. The molecule has 23 heavy (non-hydrogen) atoms. The second-order valence-corrected chi connectivity index (χ2v) is 8.66. The molecule has 2 fully saturated rings. The average Bonchev–Trinajstić information content (AvgIpc) is 2.97. The molecule has 2 N–H and O–H groups in total. The van der Waals surface area contributed by atoms with Crippen molar-refractivity contribution in [2.45, 2.75) is 96.7 Å². The molecule has 2 rings (SSSR count). The Morgan fingerprint density at radius 2 is 1.70 bits per heavy atom. The molecule has 1 unspecified atom stereocenters. The third kappa shape index (κ3) is 6.70. The number of rotatable bonds is 5. The van der Waals surface area contributed by atoms with E-state index in [1.807, 2.05) is 20.8 Å². The zero-order chi connectivity index (χ0) is 16.9. The van der Waals surface area contributed by atoms with Gasteiger partial charge < -0.3 is 15.4 Å². The predicted octanol–water partition coefficient (Wildman–Crippen LogP) is 4.24. The minimum absolute atomic E-state index is 0.292. The summed E-state index contributed by atoms with van der Waals surface area (Å²) in [5, 5.41) is 6.86. The van der Waals surface area contributed by atoms with Gasteiger partial charge in [0.2, 0.25) is 0 Å². The van der Waals surface area contributed by atoms with Crippen LogP contribution in [0.5, 0.6) is 0 Å². The molecule has 0 aromatic heterocycles. The van der Waals surface area contributed by atoms with E-state index in [4.69, 9.17) is 4.74 Å². The van der Waals surface area contributed by atoms with Crippen molar-refractivity contribution < 1.29 is 9.53 Å². The fraction of sp³-hybridized carbons (Fsp3) is 0.947. The monoisotopic (exact) mass is 324 g/mol. The molecule has 0 bridgehead atoms. The lowest BCUT2D eigenvalue weighted by Gasteiger charge is -2.34. The second-order valence-electron chi connectivity index (χ2n) is 8.66. The summed E-state index contributed by atoms with van der Waals surface area (Å²) < 4.78 is 5.38. The molecule has 0 heterocycles. The van der Waals surface area contributed by atoms with Gasteiger partial charge >= 0.3 is 6.09 Å². The van der Waals surface area contributed by atoms with Gasteiger partial charge in [0.25, 0.3) is 0 Å². The Morgan fingerprint density at radius 1 is 1.09 bits per heavy atom. The number of carbonyl (C=O) groups excluding carboxylic acids is 1. The second kappa shape index (κ2) is 8.36. The van der Waals surface area contributed by atoms with E-state index in [1.165, 1.54) is 51.4 Å². The quantitative estimate of drug-likeness (QED) is 0.795. The third-order valence-corrected chi connectivity index (χ3v) is 5.30. The Bertz CT molecular complexity index is 364. The number of hydrogen-bond acceptors (Lipinski definition) is 3. The van der Waals surface area contributed by atoms with Crippen molar-refractivity contribution in [2.75, 3.05) is 6.54 Å². The highest BCUT2D eigenvalue weighted by Gasteiger charge is 2.29. The molecule has 2 aliphatic rings. The van der Waals surface area contributed by atoms with Crippen LogP contribution in [0, 0.1) is 11.8 Å². The Morgan fingerprint density at radius 3 is 2.26 bits per heavy atom. The van der Waals surface area contributed by atoms with Gasteiger partial charge in [-0.25, -0.2) is 4.79 Å². The highest BCUT2D eigenvalue weighted by atomic mass is 16.6. The molecule has 0 spiro atoms. The van der Waals surface area contributed by atoms with Crippen LogP contribution in [0.25, 0.3) is 0 Å². The Balaban J connectivity index is 1.83. The van der Waals surface area contributed by atoms with Crippen molar-refractivity contribution in [1.82, 2.24) is 10.6 Å². The largest absolute Gasteiger partial charge is 0.444 e. The zero-order valence-corrected chi connectivity index (χ0v) is 15.5. The summed E-state index contributed by atoms with van der Waals surface area (Å²) in [6.45, 7) is 8.76. The molecule has 134 valence electrons. The molecule has 0 radical (unpaired) electrons. The van der Waals surface area contributed by atoms with Crippen molar-refractivity contribution in [3.63, 3.8) is 0 Å². The lowest BCUT2D eigenvalue weighted by Crippen LogP contribution is -2.50. The fourth-order valence-corrected chi connectivity index (χ4v) is 3.96. The summed E-state index contributed by atoms with van der Waals surface area (Å²) in [5.74, 6) is 1.57. The molecule has 1 atom stereocenters. The number of ether oxygens (including phenoxy) is 1. The number of nitrogens with one attached hydrogen (secondary N) is 2. The smallest absolute Gasteiger partial charge is 0.407 e. The first-order valence-electron chi connectivity index (χ1n) is 9.56. The molecule has 0 aliphatic heterocycles. The summed E-state index contributed by atoms with van der Waals surface area (Å²) in [6, 6.07) is 1.01. The SMILES string of the molecule is CC1CCC(NC(CNC(=O)OC(C)(C)C)C2CCCC2)CC1. The highest BCUT2D eigenvalue weighted by Crippen LogP contribution is 2.30. The number of hydrogen-bond donors (Lipinski definition) is 2. The van der Waals surface area contributed by atoms with Gasteiger partial charge in [0.1, 0.15) is 5.60 Å². The van der Waals surface area contributed by atoms with Crippen LogP contribution in [0.15, 0.2) is 0 Å². The molecule has 4 heteroatoms. The summed E-state index contributed by atoms with van der Waals surface area (Å²) in [7, 11) is 0. The van der Waals surface area contributed by atoms with Crippen LogP contribution in [0.4, 0.5) is 4.79 Å². The van der Waals surface area contributed by atoms with Gasteiger partial charge in [-0.15, -0.1) is 0 Å². The van der Waals surface area contributed by atoms with Crippen LogP contribution < -0.4 is 10.6 Å². The Hall–Kier alpha value is -0.770. The van der Waals surface area contributed by atoms with Crippen molar-refractivity contribution in [1.29, 1.82) is 0 Å². The van der Waals surface area contributed by atoms with Crippen molar-refractivity contribution in [3.8, 4) is 0 Å². The van der Waals surface area contributed by atoms with Crippen LogP contribution >= 0.6 is 0 Å². The van der Waals surface area contributed by atoms with Crippen LogP contribution in [0.3, 0.4) is 0 Å². The standard InChI is InChI=1S/C19H36N2O2/c1-14-9-11-16(12-10-14)21-17(15-7-5-6-8-15)13-20-18(22)23-19(2,3)4/h14-17,21H,5-13H2,1-4H3,(H,20,22). The number of carbonyl (C=O) groups is 1. The molecular weight excluding hydrogens is 288 g/mol. The maximum Gasteiger partial charge on any atom is 0.407 e. The van der Waals surface area contributed by atoms with E-state index in [9.17, 15) is 4.79 Å². The average molecular weight is 325 g/mol. The molecule has 0 aromatic rings. The van der Waals surface area contributed by atoms with E-state index in [2.05, 4.69) is 17.6 Å². The summed E-state index contributed by atoms with van der Waals surface area (Å²) in [5.41, 5.74) is -0.431. The van der Waals surface area contributed by atoms with E-state index in [1.54, 1.807) is 0 Å². The lowest BCUT2D eigenvalue weighted by molar-refractivity contribution is 0.0516. The van der Waals surface area contributed by atoms with Crippen molar-refractivity contribution >= 4 is 6.09 Å². The maximum absolute atomic E-state index is 12.0. The molecule has 2 aliphatic carbocycles. The van der Waals surface area contributed by atoms with Gasteiger partial charge in [0.05, 0.1) is 0 Å². The predicted molar refractivity (Wildman–Crippen MR) is 94.5 cm³/mol. The van der Waals surface area contributed by atoms with E-state index in [-0.39, 0.29) is 6.09 Å².